The molecule has 2 aromatic rings. The molecule has 3 heterocycles. The van der Waals surface area contributed by atoms with Gasteiger partial charge in [-0.25, -0.2) is 0 Å². The minimum Gasteiger partial charge on any atom is -0.360 e. The van der Waals surface area contributed by atoms with E-state index < -0.39 is 0 Å². The molecule has 1 N–H and O–H groups in total. The normalized spacial score (nSPS) is 19.6. The second-order valence-electron chi connectivity index (χ2n) is 6.63. The minimum atomic E-state index is -0.216. The van der Waals surface area contributed by atoms with E-state index in [1.54, 1.807) is 13.0 Å². The van der Waals surface area contributed by atoms with E-state index in [-0.39, 0.29) is 11.9 Å². The Morgan fingerprint density at radius 1 is 1.42 bits per heavy atom. The lowest BCUT2D eigenvalue weighted by molar-refractivity contribution is -0.121. The quantitative estimate of drug-likeness (QED) is 0.910. The Kier molecular flexibility index (Phi) is 4.71. The first-order chi connectivity index (χ1) is 11.4. The van der Waals surface area contributed by atoms with Crippen molar-refractivity contribution in [2.75, 3.05) is 11.9 Å². The van der Waals surface area contributed by atoms with Gasteiger partial charge in [-0.05, 0) is 53.1 Å². The van der Waals surface area contributed by atoms with Gasteiger partial charge in [0.2, 0.25) is 5.91 Å². The number of nitrogens with one attached hydrogen (secondary N) is 1. The molecule has 1 aliphatic rings. The summed E-state index contributed by atoms with van der Waals surface area (Å²) in [6.45, 7) is 9.57. The van der Waals surface area contributed by atoms with Crippen molar-refractivity contribution < 1.29 is 9.32 Å². The molecule has 0 aliphatic carbocycles. The molecule has 3 rings (SSSR count). The first-order valence-corrected chi connectivity index (χ1v) is 8.45. The topological polar surface area (TPSA) is 76.2 Å². The predicted molar refractivity (Wildman–Crippen MR) is 90.8 cm³/mol. The van der Waals surface area contributed by atoms with Crippen LogP contribution in [0.1, 0.15) is 36.9 Å². The highest BCUT2D eigenvalue weighted by atomic mass is 16.5. The summed E-state index contributed by atoms with van der Waals surface area (Å²) in [5.41, 5.74) is 2.19. The van der Waals surface area contributed by atoms with Crippen LogP contribution in [0.3, 0.4) is 0 Å². The molecule has 1 aliphatic heterocycles. The van der Waals surface area contributed by atoms with Crippen molar-refractivity contribution in [2.24, 2.45) is 0 Å². The average Bonchev–Trinajstić information content (AvgIpc) is 3.21. The first-order valence-electron chi connectivity index (χ1n) is 8.45. The van der Waals surface area contributed by atoms with Crippen molar-refractivity contribution in [1.29, 1.82) is 0 Å². The van der Waals surface area contributed by atoms with Gasteiger partial charge in [0, 0.05) is 17.8 Å². The van der Waals surface area contributed by atoms with Crippen LogP contribution in [0.25, 0.3) is 0 Å². The van der Waals surface area contributed by atoms with Crippen LogP contribution in [0.4, 0.5) is 5.82 Å². The zero-order valence-corrected chi connectivity index (χ0v) is 14.7. The van der Waals surface area contributed by atoms with Crippen molar-refractivity contribution in [3.8, 4) is 0 Å². The van der Waals surface area contributed by atoms with Gasteiger partial charge in [-0.1, -0.05) is 5.16 Å². The highest BCUT2D eigenvalue weighted by Gasteiger charge is 2.32. The third kappa shape index (κ3) is 3.51. The largest absolute Gasteiger partial charge is 0.360 e. The molecule has 7 nitrogen and oxygen atoms in total. The molecule has 0 aromatic carbocycles. The van der Waals surface area contributed by atoms with Gasteiger partial charge < -0.3 is 9.84 Å². The molecular formula is C17H25N5O2. The summed E-state index contributed by atoms with van der Waals surface area (Å²) in [7, 11) is 0. The molecule has 24 heavy (non-hydrogen) atoms. The van der Waals surface area contributed by atoms with E-state index >= 15 is 0 Å². The van der Waals surface area contributed by atoms with Gasteiger partial charge in [0.15, 0.2) is 5.82 Å². The first kappa shape index (κ1) is 16.7. The summed E-state index contributed by atoms with van der Waals surface area (Å²) < 4.78 is 7.04. The van der Waals surface area contributed by atoms with Crippen LogP contribution in [0.5, 0.6) is 0 Å². The summed E-state index contributed by atoms with van der Waals surface area (Å²) in [5, 5.41) is 11.2. The van der Waals surface area contributed by atoms with Crippen LogP contribution in [0, 0.1) is 20.8 Å². The minimum absolute atomic E-state index is 0.0523. The number of carbonyl (C=O) groups excluding carboxylic acids is 1. The van der Waals surface area contributed by atoms with Gasteiger partial charge >= 0.3 is 0 Å². The van der Waals surface area contributed by atoms with E-state index in [0.717, 1.165) is 37.3 Å². The van der Waals surface area contributed by atoms with Gasteiger partial charge in [-0.2, -0.15) is 5.10 Å². The van der Waals surface area contributed by atoms with E-state index in [0.29, 0.717) is 17.6 Å². The Morgan fingerprint density at radius 2 is 2.21 bits per heavy atom. The Labute approximate surface area is 142 Å². The average molecular weight is 331 g/mol. The number of aryl methyl sites for hydroxylation is 3. The van der Waals surface area contributed by atoms with Crippen molar-refractivity contribution in [3.63, 3.8) is 0 Å². The lowest BCUT2D eigenvalue weighted by Gasteiger charge is -2.29. The smallest absolute Gasteiger partial charge is 0.242 e. The third-order valence-corrected chi connectivity index (χ3v) is 4.67. The molecule has 1 amide bonds. The molecule has 2 aromatic heterocycles. The maximum Gasteiger partial charge on any atom is 0.242 e. The molecule has 2 atom stereocenters. The Bertz CT molecular complexity index is 720. The fraction of sp³-hybridized carbons (Fsp3) is 0.588. The number of rotatable bonds is 5. The molecule has 0 spiro atoms. The number of amides is 1. The Balaban J connectivity index is 1.65. The van der Waals surface area contributed by atoms with E-state index in [2.05, 4.69) is 33.5 Å². The van der Waals surface area contributed by atoms with Gasteiger partial charge in [-0.15, -0.1) is 0 Å². The number of nitrogens with zero attached hydrogens (tertiary/aromatic N) is 4. The predicted octanol–water partition coefficient (Wildman–Crippen LogP) is 2.29. The summed E-state index contributed by atoms with van der Waals surface area (Å²) in [5.74, 6) is 1.10. The summed E-state index contributed by atoms with van der Waals surface area (Å²) in [4.78, 5) is 14.8. The summed E-state index contributed by atoms with van der Waals surface area (Å²) in [6.07, 6.45) is 2.18. The van der Waals surface area contributed by atoms with Crippen molar-refractivity contribution in [1.82, 2.24) is 19.8 Å². The summed E-state index contributed by atoms with van der Waals surface area (Å²) in [6, 6.07) is 3.92. The van der Waals surface area contributed by atoms with Crippen molar-refractivity contribution in [2.45, 2.75) is 59.2 Å². The molecule has 130 valence electrons. The fourth-order valence-corrected chi connectivity index (χ4v) is 3.43. The van der Waals surface area contributed by atoms with Crippen molar-refractivity contribution >= 4 is 11.7 Å². The number of hydrogen-bond donors (Lipinski definition) is 1. The van der Waals surface area contributed by atoms with E-state index in [9.17, 15) is 4.79 Å². The monoisotopic (exact) mass is 331 g/mol. The van der Waals surface area contributed by atoms with E-state index in [4.69, 9.17) is 4.52 Å². The summed E-state index contributed by atoms with van der Waals surface area (Å²) >= 11 is 0. The van der Waals surface area contributed by atoms with Gasteiger partial charge in [0.05, 0.1) is 18.3 Å². The highest BCUT2D eigenvalue weighted by molar-refractivity contribution is 5.93. The van der Waals surface area contributed by atoms with Crippen LogP contribution in [-0.2, 0) is 11.3 Å². The lowest BCUT2D eigenvalue weighted by atomic mass is 10.2. The molecule has 7 heteroatoms. The standard InChI is InChI=1S/C17H25N5O2/c1-11-8-12(2)22(19-11)10-15-6-5-7-21(15)14(4)17(23)18-16-9-13(3)24-20-16/h8-9,14-15H,5-7,10H2,1-4H3,(H,18,20,23)/t14-,15+/m1/s1. The molecular weight excluding hydrogens is 306 g/mol. The number of likely N-dealkylation sites (tertiary alicyclic amines) is 1. The number of aromatic nitrogens is 3. The zero-order valence-electron chi connectivity index (χ0n) is 14.7. The second kappa shape index (κ2) is 6.76. The van der Waals surface area contributed by atoms with Crippen LogP contribution < -0.4 is 5.32 Å². The zero-order chi connectivity index (χ0) is 17.3. The maximum absolute atomic E-state index is 12.5. The molecule has 0 radical (unpaired) electrons. The molecule has 0 unspecified atom stereocenters. The number of anilines is 1. The number of carbonyl (C=O) groups is 1. The van der Waals surface area contributed by atoms with E-state index in [1.807, 2.05) is 18.5 Å². The van der Waals surface area contributed by atoms with Crippen LogP contribution >= 0.6 is 0 Å². The van der Waals surface area contributed by atoms with Gasteiger partial charge in [-0.3, -0.25) is 14.4 Å². The van der Waals surface area contributed by atoms with Crippen molar-refractivity contribution in [3.05, 3.63) is 29.3 Å². The Morgan fingerprint density at radius 3 is 2.83 bits per heavy atom. The fourth-order valence-electron chi connectivity index (χ4n) is 3.43. The molecule has 1 saturated heterocycles. The van der Waals surface area contributed by atoms with Gasteiger partial charge in [0.25, 0.3) is 0 Å². The molecule has 1 fully saturated rings. The van der Waals surface area contributed by atoms with Crippen LogP contribution in [-0.4, -0.2) is 44.4 Å². The van der Waals surface area contributed by atoms with Crippen LogP contribution in [0.15, 0.2) is 16.7 Å². The number of hydrogen-bond acceptors (Lipinski definition) is 5. The molecule has 0 saturated carbocycles. The SMILES string of the molecule is Cc1cc(C)n(C[C@@H]2CCCN2[C@H](C)C(=O)Nc2cc(C)on2)n1. The van der Waals surface area contributed by atoms with Gasteiger partial charge in [0.1, 0.15) is 5.76 Å². The van der Waals surface area contributed by atoms with E-state index in [1.165, 1.54) is 0 Å². The Hall–Kier alpha value is -2.15. The third-order valence-electron chi connectivity index (χ3n) is 4.67. The second-order valence-corrected chi connectivity index (χ2v) is 6.63. The molecule has 0 bridgehead atoms. The highest BCUT2D eigenvalue weighted by Crippen LogP contribution is 2.23. The lowest BCUT2D eigenvalue weighted by Crippen LogP contribution is -2.46. The maximum atomic E-state index is 12.5. The van der Waals surface area contributed by atoms with Crippen LogP contribution in [0.2, 0.25) is 0 Å².